The number of hydrogen-bond acceptors (Lipinski definition) is 2. The topological polar surface area (TPSA) is 15.3 Å². The first-order valence-electron chi connectivity index (χ1n) is 9.01. The maximum absolute atomic E-state index is 13.7. The molecule has 3 heteroatoms. The number of nitrogens with one attached hydrogen (secondary N) is 1. The summed E-state index contributed by atoms with van der Waals surface area (Å²) in [6.07, 6.45) is 8.25. The predicted octanol–water partition coefficient (Wildman–Crippen LogP) is 4.02. The van der Waals surface area contributed by atoms with E-state index in [0.29, 0.717) is 0 Å². The number of nitrogens with zero attached hydrogens (tertiary/aromatic N) is 1. The molecule has 1 aromatic rings. The van der Waals surface area contributed by atoms with Gasteiger partial charge < -0.3 is 10.2 Å². The van der Waals surface area contributed by atoms with E-state index in [9.17, 15) is 4.39 Å². The minimum absolute atomic E-state index is 0. The maximum Gasteiger partial charge on any atom is 0.123 e. The van der Waals surface area contributed by atoms with Crippen molar-refractivity contribution >= 4 is 5.69 Å². The van der Waals surface area contributed by atoms with E-state index in [2.05, 4.69) is 10.2 Å². The highest BCUT2D eigenvalue weighted by Gasteiger charge is 2.46. The molecular formula is C19H27FN2. The van der Waals surface area contributed by atoms with Gasteiger partial charge in [-0.15, -0.1) is 0 Å². The van der Waals surface area contributed by atoms with Crippen LogP contribution >= 0.6 is 0 Å². The first-order chi connectivity index (χ1) is 10.7. The van der Waals surface area contributed by atoms with Crippen LogP contribution in [0.2, 0.25) is 0 Å². The van der Waals surface area contributed by atoms with Gasteiger partial charge in [0, 0.05) is 25.1 Å². The molecule has 2 heterocycles. The van der Waals surface area contributed by atoms with E-state index >= 15 is 0 Å². The van der Waals surface area contributed by atoms with Crippen LogP contribution < -0.4 is 5.32 Å². The van der Waals surface area contributed by atoms with Gasteiger partial charge in [-0.1, -0.05) is 6.42 Å². The Kier molecular flexibility index (Phi) is 2.86. The summed E-state index contributed by atoms with van der Waals surface area (Å²) >= 11 is 0. The van der Waals surface area contributed by atoms with Gasteiger partial charge in [0.25, 0.3) is 0 Å². The fourth-order valence-electron chi connectivity index (χ4n) is 5.86. The molecule has 2 saturated carbocycles. The zero-order valence-electron chi connectivity index (χ0n) is 13.2. The smallest absolute Gasteiger partial charge is 0.123 e. The van der Waals surface area contributed by atoms with Gasteiger partial charge in [-0.25, -0.2) is 4.39 Å². The molecule has 2 bridgehead atoms. The molecule has 2 aliphatic carbocycles. The molecule has 120 valence electrons. The van der Waals surface area contributed by atoms with Gasteiger partial charge in [0.05, 0.1) is 0 Å². The van der Waals surface area contributed by atoms with Crippen molar-refractivity contribution in [2.45, 2.75) is 50.0 Å². The van der Waals surface area contributed by atoms with Crippen molar-refractivity contribution in [3.05, 3.63) is 29.6 Å². The lowest BCUT2D eigenvalue weighted by molar-refractivity contribution is 0.0886. The Bertz CT molecular complexity index is 597. The van der Waals surface area contributed by atoms with Crippen LogP contribution in [0.25, 0.3) is 0 Å². The Balaban J connectivity index is 0.00000135. The molecule has 3 fully saturated rings. The highest BCUT2D eigenvalue weighted by Crippen LogP contribution is 2.49. The van der Waals surface area contributed by atoms with Crippen LogP contribution in [-0.2, 0) is 5.41 Å². The summed E-state index contributed by atoms with van der Waals surface area (Å²) in [5, 5.41) is 3.51. The molecule has 1 N–H and O–H groups in total. The van der Waals surface area contributed by atoms with Gasteiger partial charge >= 0.3 is 0 Å². The van der Waals surface area contributed by atoms with Gasteiger partial charge in [-0.3, -0.25) is 0 Å². The Hall–Kier alpha value is -1.09. The van der Waals surface area contributed by atoms with Crippen LogP contribution in [0.1, 0.15) is 45.5 Å². The van der Waals surface area contributed by atoms with Crippen molar-refractivity contribution in [2.24, 2.45) is 11.8 Å². The molecule has 22 heavy (non-hydrogen) atoms. The summed E-state index contributed by atoms with van der Waals surface area (Å²) in [6, 6.07) is 6.14. The zero-order valence-corrected chi connectivity index (χ0v) is 13.2. The molecule has 3 atom stereocenters. The first kappa shape index (κ1) is 13.4. The van der Waals surface area contributed by atoms with Gasteiger partial charge in [-0.2, -0.15) is 0 Å². The molecule has 0 radical (unpaired) electrons. The van der Waals surface area contributed by atoms with Crippen LogP contribution in [-0.4, -0.2) is 30.6 Å². The van der Waals surface area contributed by atoms with Crippen molar-refractivity contribution in [1.29, 1.82) is 0 Å². The van der Waals surface area contributed by atoms with E-state index in [1.54, 1.807) is 12.1 Å². The normalized spacial score (nSPS) is 35.8. The molecule has 1 aromatic carbocycles. The first-order valence-corrected chi connectivity index (χ1v) is 9.01. The highest BCUT2D eigenvalue weighted by atomic mass is 19.1. The Morgan fingerprint density at radius 3 is 2.77 bits per heavy atom. The van der Waals surface area contributed by atoms with E-state index in [-0.39, 0.29) is 12.7 Å². The van der Waals surface area contributed by atoms with E-state index in [1.165, 1.54) is 57.2 Å². The van der Waals surface area contributed by atoms with Crippen molar-refractivity contribution in [2.75, 3.05) is 25.0 Å². The lowest BCUT2D eigenvalue weighted by Gasteiger charge is -2.44. The SMILES string of the molecule is Fc1ccc2c(c1)C1(CCN(C3CC4CCC3C4)CC1)CN2.[HH]. The summed E-state index contributed by atoms with van der Waals surface area (Å²) in [5.74, 6) is 1.91. The number of piperidine rings is 1. The number of hydrogen-bond donors (Lipinski definition) is 1. The minimum atomic E-state index is -0.0858. The fourth-order valence-corrected chi connectivity index (χ4v) is 5.86. The Labute approximate surface area is 133 Å². The molecule has 3 unspecified atom stereocenters. The van der Waals surface area contributed by atoms with Crippen LogP contribution in [0.3, 0.4) is 0 Å². The van der Waals surface area contributed by atoms with Crippen LogP contribution in [0.4, 0.5) is 10.1 Å². The quantitative estimate of drug-likeness (QED) is 0.843. The fraction of sp³-hybridized carbons (Fsp3) is 0.684. The van der Waals surface area contributed by atoms with Gasteiger partial charge in [0.2, 0.25) is 0 Å². The van der Waals surface area contributed by atoms with E-state index in [1.807, 2.05) is 6.07 Å². The third-order valence-electron chi connectivity index (χ3n) is 7.10. The van der Waals surface area contributed by atoms with E-state index < -0.39 is 0 Å². The Morgan fingerprint density at radius 1 is 1.18 bits per heavy atom. The Morgan fingerprint density at radius 2 is 2.05 bits per heavy atom. The second kappa shape index (κ2) is 4.70. The molecule has 1 saturated heterocycles. The summed E-state index contributed by atoms with van der Waals surface area (Å²) in [7, 11) is 0. The third-order valence-corrected chi connectivity index (χ3v) is 7.10. The molecule has 0 amide bonds. The van der Waals surface area contributed by atoms with Crippen molar-refractivity contribution in [3.8, 4) is 0 Å². The van der Waals surface area contributed by atoms with E-state index in [4.69, 9.17) is 0 Å². The predicted molar refractivity (Wildman–Crippen MR) is 88.7 cm³/mol. The lowest BCUT2D eigenvalue weighted by Crippen LogP contribution is -2.49. The summed E-state index contributed by atoms with van der Waals surface area (Å²) in [4.78, 5) is 2.77. The van der Waals surface area contributed by atoms with E-state index in [0.717, 1.165) is 30.1 Å². The monoisotopic (exact) mass is 302 g/mol. The number of likely N-dealkylation sites (tertiary alicyclic amines) is 1. The maximum atomic E-state index is 13.7. The summed E-state index contributed by atoms with van der Waals surface area (Å²) < 4.78 is 13.7. The van der Waals surface area contributed by atoms with Crippen molar-refractivity contribution in [1.82, 2.24) is 4.90 Å². The molecule has 2 nitrogen and oxygen atoms in total. The minimum Gasteiger partial charge on any atom is -0.384 e. The largest absolute Gasteiger partial charge is 0.384 e. The number of rotatable bonds is 1. The van der Waals surface area contributed by atoms with Crippen LogP contribution in [0.5, 0.6) is 0 Å². The van der Waals surface area contributed by atoms with Gasteiger partial charge in [0.15, 0.2) is 0 Å². The van der Waals surface area contributed by atoms with Crippen molar-refractivity contribution in [3.63, 3.8) is 0 Å². The van der Waals surface area contributed by atoms with Crippen molar-refractivity contribution < 1.29 is 5.82 Å². The lowest BCUT2D eigenvalue weighted by atomic mass is 9.73. The molecule has 1 spiro atoms. The highest BCUT2D eigenvalue weighted by molar-refractivity contribution is 5.60. The summed E-state index contributed by atoms with van der Waals surface area (Å²) in [6.45, 7) is 3.40. The van der Waals surface area contributed by atoms with Crippen LogP contribution in [0, 0.1) is 17.7 Å². The zero-order chi connectivity index (χ0) is 14.7. The second-order valence-corrected chi connectivity index (χ2v) is 8.10. The molecular weight excluding hydrogens is 275 g/mol. The van der Waals surface area contributed by atoms with Gasteiger partial charge in [-0.05, 0) is 80.8 Å². The number of halogens is 1. The molecule has 5 rings (SSSR count). The second-order valence-electron chi connectivity index (χ2n) is 8.10. The van der Waals surface area contributed by atoms with Crippen LogP contribution in [0.15, 0.2) is 18.2 Å². The average molecular weight is 302 g/mol. The molecule has 0 aromatic heterocycles. The number of benzene rings is 1. The third kappa shape index (κ3) is 1.87. The number of anilines is 1. The standard InChI is InChI=1S/C19H25FN2.H2/c20-15-3-4-17-16(11-15)19(12-21-17)5-7-22(8-6-19)18-10-13-1-2-14(18)9-13;/h3-4,11,13-14,18,21H,1-2,5-10,12H2;1H. The molecule has 2 aliphatic heterocycles. The number of fused-ring (bicyclic) bond motifs is 4. The molecule has 4 aliphatic rings. The van der Waals surface area contributed by atoms with Gasteiger partial charge in [0.1, 0.15) is 5.82 Å². The summed E-state index contributed by atoms with van der Waals surface area (Å²) in [5.41, 5.74) is 2.58. The average Bonchev–Trinajstić information content (AvgIpc) is 3.24.